The van der Waals surface area contributed by atoms with Gasteiger partial charge in [-0.05, 0) is 31.4 Å². The van der Waals surface area contributed by atoms with Crippen LogP contribution in [0.15, 0.2) is 18.5 Å². The Morgan fingerprint density at radius 2 is 2.42 bits per heavy atom. The average Bonchev–Trinajstić information content (AvgIpc) is 3.02. The van der Waals surface area contributed by atoms with Gasteiger partial charge in [-0.25, -0.2) is 0 Å². The highest BCUT2D eigenvalue weighted by atomic mass is 16.2. The van der Waals surface area contributed by atoms with E-state index in [2.05, 4.69) is 21.5 Å². The molecule has 19 heavy (non-hydrogen) atoms. The predicted octanol–water partition coefficient (Wildman–Crippen LogP) is 1.98. The molecule has 2 N–H and O–H groups in total. The number of hydrogen-bond donors (Lipinski definition) is 2. The van der Waals surface area contributed by atoms with E-state index in [1.807, 2.05) is 6.92 Å². The molecule has 1 aliphatic carbocycles. The van der Waals surface area contributed by atoms with Gasteiger partial charge in [-0.3, -0.25) is 9.48 Å². The molecule has 0 aromatic carbocycles. The second-order valence-corrected chi connectivity index (χ2v) is 4.68. The molecule has 1 amide bonds. The number of hydrogen-bond acceptors (Lipinski definition) is 3. The van der Waals surface area contributed by atoms with Crippen LogP contribution in [0.2, 0.25) is 0 Å². The van der Waals surface area contributed by atoms with E-state index in [0.29, 0.717) is 23.1 Å². The predicted molar refractivity (Wildman–Crippen MR) is 68.7 cm³/mol. The average molecular weight is 255 g/mol. The fraction of sp³-hybridized carbons (Fsp3) is 0.308. The van der Waals surface area contributed by atoms with Crippen molar-refractivity contribution in [3.63, 3.8) is 0 Å². The minimum absolute atomic E-state index is 0.247. The Labute approximate surface area is 110 Å². The van der Waals surface area contributed by atoms with Crippen molar-refractivity contribution in [1.82, 2.24) is 14.8 Å². The Bertz CT molecular complexity index is 672. The van der Waals surface area contributed by atoms with Crippen molar-refractivity contribution >= 4 is 11.7 Å². The van der Waals surface area contributed by atoms with Crippen LogP contribution in [-0.2, 0) is 0 Å². The molecule has 2 aromatic rings. The number of carbonyl (C=O) groups is 1. The fourth-order valence-corrected chi connectivity index (χ4v) is 2.05. The quantitative estimate of drug-likeness (QED) is 0.879. The van der Waals surface area contributed by atoms with E-state index in [4.69, 9.17) is 5.26 Å². The fourth-order valence-electron chi connectivity index (χ4n) is 2.05. The zero-order valence-corrected chi connectivity index (χ0v) is 10.5. The lowest BCUT2D eigenvalue weighted by molar-refractivity contribution is 0.101. The van der Waals surface area contributed by atoms with Crippen molar-refractivity contribution in [3.8, 4) is 6.07 Å². The van der Waals surface area contributed by atoms with E-state index in [-0.39, 0.29) is 5.91 Å². The third-order valence-electron chi connectivity index (χ3n) is 3.22. The third-order valence-corrected chi connectivity index (χ3v) is 3.22. The smallest absolute Gasteiger partial charge is 0.275 e. The zero-order chi connectivity index (χ0) is 13.4. The lowest BCUT2D eigenvalue weighted by Crippen LogP contribution is -2.18. The summed E-state index contributed by atoms with van der Waals surface area (Å²) in [5.41, 5.74) is 1.80. The summed E-state index contributed by atoms with van der Waals surface area (Å²) in [7, 11) is 0. The summed E-state index contributed by atoms with van der Waals surface area (Å²) in [6.45, 7) is 1.82. The number of anilines is 1. The number of carbonyl (C=O) groups excluding carboxylic acids is 1. The molecule has 1 aliphatic rings. The van der Waals surface area contributed by atoms with Crippen LogP contribution >= 0.6 is 0 Å². The number of amides is 1. The zero-order valence-electron chi connectivity index (χ0n) is 10.5. The number of aromatic amines is 1. The van der Waals surface area contributed by atoms with Crippen LogP contribution in [0, 0.1) is 18.3 Å². The van der Waals surface area contributed by atoms with Gasteiger partial charge in [0.1, 0.15) is 17.6 Å². The second-order valence-electron chi connectivity index (χ2n) is 4.68. The number of nitrogens with one attached hydrogen (secondary N) is 2. The molecular formula is C13H13N5O. The molecular weight excluding hydrogens is 242 g/mol. The molecule has 0 saturated heterocycles. The maximum absolute atomic E-state index is 12.2. The third kappa shape index (κ3) is 1.99. The Balaban J connectivity index is 1.85. The second kappa shape index (κ2) is 4.28. The SMILES string of the molecule is Cc1c[nH]c(NC(=O)c2ccnn2C2CC2)c1C#N. The maximum Gasteiger partial charge on any atom is 0.275 e. The molecule has 1 saturated carbocycles. The highest BCUT2D eigenvalue weighted by Crippen LogP contribution is 2.35. The molecule has 0 radical (unpaired) electrons. The first-order valence-electron chi connectivity index (χ1n) is 6.13. The van der Waals surface area contributed by atoms with Crippen molar-refractivity contribution in [2.24, 2.45) is 0 Å². The van der Waals surface area contributed by atoms with Gasteiger partial charge in [0, 0.05) is 12.4 Å². The summed E-state index contributed by atoms with van der Waals surface area (Å²) in [6.07, 6.45) is 5.45. The number of aryl methyl sites for hydroxylation is 1. The number of nitriles is 1. The molecule has 0 aliphatic heterocycles. The molecule has 1 fully saturated rings. The van der Waals surface area contributed by atoms with Gasteiger partial charge in [0.15, 0.2) is 0 Å². The first-order valence-corrected chi connectivity index (χ1v) is 6.13. The summed E-state index contributed by atoms with van der Waals surface area (Å²) >= 11 is 0. The van der Waals surface area contributed by atoms with Crippen molar-refractivity contribution in [2.45, 2.75) is 25.8 Å². The Morgan fingerprint density at radius 3 is 3.11 bits per heavy atom. The topological polar surface area (TPSA) is 86.5 Å². The molecule has 3 rings (SSSR count). The number of H-pyrrole nitrogens is 1. The summed E-state index contributed by atoms with van der Waals surface area (Å²) in [5, 5.41) is 15.9. The summed E-state index contributed by atoms with van der Waals surface area (Å²) in [4.78, 5) is 15.1. The van der Waals surface area contributed by atoms with Gasteiger partial charge in [-0.2, -0.15) is 10.4 Å². The Morgan fingerprint density at radius 1 is 1.63 bits per heavy atom. The standard InChI is InChI=1S/C13H13N5O/c1-8-7-15-12(10(8)6-14)17-13(19)11-4-5-16-18(11)9-2-3-9/h4-5,7,9,15H,2-3H2,1H3,(H,17,19). The Kier molecular flexibility index (Phi) is 2.60. The van der Waals surface area contributed by atoms with E-state index >= 15 is 0 Å². The Hall–Kier alpha value is -2.55. The van der Waals surface area contributed by atoms with E-state index in [1.165, 1.54) is 0 Å². The minimum atomic E-state index is -0.247. The maximum atomic E-state index is 12.2. The van der Waals surface area contributed by atoms with Gasteiger partial charge in [-0.1, -0.05) is 0 Å². The van der Waals surface area contributed by atoms with Crippen LogP contribution < -0.4 is 5.32 Å². The first-order chi connectivity index (χ1) is 9.20. The molecule has 96 valence electrons. The molecule has 0 unspecified atom stereocenters. The van der Waals surface area contributed by atoms with Gasteiger partial charge in [0.2, 0.25) is 0 Å². The molecule has 0 bridgehead atoms. The monoisotopic (exact) mass is 255 g/mol. The summed E-state index contributed by atoms with van der Waals surface area (Å²) < 4.78 is 1.75. The number of nitrogens with zero attached hydrogens (tertiary/aromatic N) is 3. The summed E-state index contributed by atoms with van der Waals surface area (Å²) in [6, 6.07) is 4.11. The molecule has 6 heteroatoms. The van der Waals surface area contributed by atoms with Gasteiger partial charge in [0.25, 0.3) is 5.91 Å². The minimum Gasteiger partial charge on any atom is -0.347 e. The lowest BCUT2D eigenvalue weighted by Gasteiger charge is -2.06. The van der Waals surface area contributed by atoms with Crippen molar-refractivity contribution in [2.75, 3.05) is 5.32 Å². The van der Waals surface area contributed by atoms with Crippen molar-refractivity contribution < 1.29 is 4.79 Å². The lowest BCUT2D eigenvalue weighted by atomic mass is 10.2. The molecule has 2 aromatic heterocycles. The van der Waals surface area contributed by atoms with E-state index in [9.17, 15) is 4.79 Å². The van der Waals surface area contributed by atoms with Crippen LogP contribution in [0.5, 0.6) is 0 Å². The van der Waals surface area contributed by atoms with Gasteiger partial charge >= 0.3 is 0 Å². The van der Waals surface area contributed by atoms with Gasteiger partial charge in [-0.15, -0.1) is 0 Å². The highest BCUT2D eigenvalue weighted by Gasteiger charge is 2.28. The molecule has 0 atom stereocenters. The number of aromatic nitrogens is 3. The van der Waals surface area contributed by atoms with Crippen LogP contribution in [0.3, 0.4) is 0 Å². The van der Waals surface area contributed by atoms with E-state index < -0.39 is 0 Å². The summed E-state index contributed by atoms with van der Waals surface area (Å²) in [5.74, 6) is 0.191. The van der Waals surface area contributed by atoms with Crippen LogP contribution in [-0.4, -0.2) is 20.7 Å². The van der Waals surface area contributed by atoms with Crippen molar-refractivity contribution in [3.05, 3.63) is 35.3 Å². The molecule has 0 spiro atoms. The first kappa shape index (κ1) is 11.5. The van der Waals surface area contributed by atoms with Gasteiger partial charge in [0.05, 0.1) is 11.6 Å². The number of rotatable bonds is 3. The van der Waals surface area contributed by atoms with E-state index in [1.54, 1.807) is 23.1 Å². The van der Waals surface area contributed by atoms with Crippen LogP contribution in [0.1, 0.15) is 40.5 Å². The largest absolute Gasteiger partial charge is 0.347 e. The molecule has 2 heterocycles. The van der Waals surface area contributed by atoms with Crippen molar-refractivity contribution in [1.29, 1.82) is 5.26 Å². The molecule has 6 nitrogen and oxygen atoms in total. The highest BCUT2D eigenvalue weighted by molar-refractivity contribution is 6.03. The van der Waals surface area contributed by atoms with Crippen LogP contribution in [0.4, 0.5) is 5.82 Å². The van der Waals surface area contributed by atoms with Gasteiger partial charge < -0.3 is 10.3 Å². The van der Waals surface area contributed by atoms with Crippen LogP contribution in [0.25, 0.3) is 0 Å². The van der Waals surface area contributed by atoms with E-state index in [0.717, 1.165) is 18.4 Å². The normalized spacial score (nSPS) is 14.1.